The Kier molecular flexibility index (Phi) is 8.11. The number of ether oxygens (including phenoxy) is 1. The molecule has 2 aromatic carbocycles. The normalized spacial score (nSPS) is 30.0. The predicted octanol–water partition coefficient (Wildman–Crippen LogP) is 4.67. The van der Waals surface area contributed by atoms with Crippen LogP contribution < -0.4 is 21.7 Å². The van der Waals surface area contributed by atoms with Gasteiger partial charge in [0, 0.05) is 29.2 Å². The summed E-state index contributed by atoms with van der Waals surface area (Å²) in [5.41, 5.74) is 4.61. The van der Waals surface area contributed by atoms with Crippen LogP contribution in [-0.4, -0.2) is 48.6 Å². The van der Waals surface area contributed by atoms with E-state index in [0.717, 1.165) is 0 Å². The lowest BCUT2D eigenvalue weighted by atomic mass is 9.62. The van der Waals surface area contributed by atoms with Gasteiger partial charge in [-0.2, -0.15) is 0 Å². The van der Waals surface area contributed by atoms with Crippen molar-refractivity contribution >= 4 is 46.7 Å². The Balaban J connectivity index is 1.52. The molecule has 2 amide bonds. The lowest BCUT2D eigenvalue weighted by Crippen LogP contribution is -2.52. The molecule has 4 atom stereocenters. The lowest BCUT2D eigenvalue weighted by molar-refractivity contribution is -0.170. The monoisotopic (exact) mass is 618 g/mol. The number of halogens is 3. The van der Waals surface area contributed by atoms with E-state index in [1.54, 1.807) is 30.3 Å². The fourth-order valence-corrected chi connectivity index (χ4v) is 7.57. The van der Waals surface area contributed by atoms with Crippen LogP contribution in [0.4, 0.5) is 10.1 Å². The zero-order valence-corrected chi connectivity index (χ0v) is 25.7. The minimum absolute atomic E-state index is 0.0865. The lowest BCUT2D eigenvalue weighted by Gasteiger charge is -2.44. The van der Waals surface area contributed by atoms with Gasteiger partial charge in [0.1, 0.15) is 16.8 Å². The number of hydrogen-bond acceptors (Lipinski definition) is 6. The summed E-state index contributed by atoms with van der Waals surface area (Å²) in [4.78, 5) is 39.9. The van der Waals surface area contributed by atoms with Gasteiger partial charge in [-0.25, -0.2) is 4.39 Å². The number of rotatable bonds is 7. The number of nitrogens with one attached hydrogen (secondary N) is 3. The van der Waals surface area contributed by atoms with E-state index in [-0.39, 0.29) is 40.3 Å². The summed E-state index contributed by atoms with van der Waals surface area (Å²) in [7, 11) is 0. The van der Waals surface area contributed by atoms with Crippen molar-refractivity contribution in [2.24, 2.45) is 17.1 Å². The van der Waals surface area contributed by atoms with Crippen LogP contribution in [-0.2, 0) is 24.5 Å². The molecule has 2 fully saturated rings. The number of esters is 1. The highest BCUT2D eigenvalue weighted by Gasteiger charge is 2.66. The van der Waals surface area contributed by atoms with E-state index in [0.29, 0.717) is 42.1 Å². The Hall–Kier alpha value is -2.72. The van der Waals surface area contributed by atoms with E-state index in [1.807, 2.05) is 6.92 Å². The number of carbonyl (C=O) groups is 3. The minimum Gasteiger partial charge on any atom is -0.458 e. The van der Waals surface area contributed by atoms with Crippen LogP contribution in [0.3, 0.4) is 0 Å². The summed E-state index contributed by atoms with van der Waals surface area (Å²) >= 11 is 12.6. The highest BCUT2D eigenvalue weighted by Crippen LogP contribution is 2.57. The molecule has 2 heterocycles. The number of anilines is 1. The Bertz CT molecular complexity index is 1420. The van der Waals surface area contributed by atoms with Crippen LogP contribution in [0.1, 0.15) is 64.0 Å². The number of benzene rings is 2. The first-order chi connectivity index (χ1) is 19.7. The number of carbonyl (C=O) groups excluding carboxylic acids is 3. The van der Waals surface area contributed by atoms with Crippen molar-refractivity contribution in [1.29, 1.82) is 0 Å². The summed E-state index contributed by atoms with van der Waals surface area (Å²) in [6, 6.07) is 8.40. The Morgan fingerprint density at radius 2 is 1.90 bits per heavy atom. The third kappa shape index (κ3) is 5.41. The molecule has 1 spiro atoms. The van der Waals surface area contributed by atoms with Crippen molar-refractivity contribution in [2.75, 3.05) is 18.4 Å². The maximum Gasteiger partial charge on any atom is 0.320 e. The molecule has 0 unspecified atom stereocenters. The van der Waals surface area contributed by atoms with Gasteiger partial charge in [0.15, 0.2) is 0 Å². The molecule has 2 aromatic rings. The number of amides is 2. The molecular formula is C31H37Cl2FN4O4. The molecule has 2 aliphatic heterocycles. The van der Waals surface area contributed by atoms with Gasteiger partial charge in [0.05, 0.1) is 17.6 Å². The predicted molar refractivity (Wildman–Crippen MR) is 160 cm³/mol. The summed E-state index contributed by atoms with van der Waals surface area (Å²) < 4.78 is 21.3. The first-order valence-electron chi connectivity index (χ1n) is 14.2. The van der Waals surface area contributed by atoms with Crippen molar-refractivity contribution in [3.8, 4) is 0 Å². The summed E-state index contributed by atoms with van der Waals surface area (Å²) in [6.07, 6.45) is 1.69. The van der Waals surface area contributed by atoms with E-state index < -0.39 is 40.8 Å². The maximum atomic E-state index is 15.9. The molecule has 5 rings (SSSR count). The van der Waals surface area contributed by atoms with Crippen LogP contribution >= 0.6 is 23.2 Å². The largest absolute Gasteiger partial charge is 0.458 e. The smallest absolute Gasteiger partial charge is 0.320 e. The molecule has 1 saturated heterocycles. The molecule has 5 N–H and O–H groups in total. The molecular weight excluding hydrogens is 582 g/mol. The standard InChI is InChI=1S/C31H37Cl2FN4O4/c1-29(2,3)13-22-31(19-9-8-17(32)10-21(19)37-28(31)41)24(18-6-5-7-20(33)25(18)34)26(38-22)27(40)36-15-16-11-30(4,12-16)42-23(39)14-35/h5-10,16,22,24,26,38H,11-15,35H2,1-4H3,(H,36,40)(H,37,41)/t16?,22-,24+,26-,30?,31+/m1/s1. The van der Waals surface area contributed by atoms with Gasteiger partial charge in [0.2, 0.25) is 11.8 Å². The molecule has 1 saturated carbocycles. The summed E-state index contributed by atoms with van der Waals surface area (Å²) in [5.74, 6) is -2.62. The van der Waals surface area contributed by atoms with Crippen molar-refractivity contribution in [2.45, 2.75) is 76.0 Å². The molecule has 8 nitrogen and oxygen atoms in total. The molecule has 11 heteroatoms. The highest BCUT2D eigenvalue weighted by molar-refractivity contribution is 6.31. The SMILES string of the molecule is CC(C)(C)C[C@H]1N[C@@H](C(=O)NCC2CC(C)(OC(=O)CN)C2)[C@H](c2cccc(Cl)c2F)[C@@]12C(=O)Nc1cc(Cl)ccc12. The molecule has 3 aliphatic rings. The zero-order chi connectivity index (χ0) is 30.6. The van der Waals surface area contributed by atoms with E-state index in [4.69, 9.17) is 33.7 Å². The topological polar surface area (TPSA) is 123 Å². The number of nitrogens with two attached hydrogens (primary N) is 1. The molecule has 0 aromatic heterocycles. The van der Waals surface area contributed by atoms with Crippen LogP contribution in [0.2, 0.25) is 10.0 Å². The average molecular weight is 620 g/mol. The quantitative estimate of drug-likeness (QED) is 0.335. The second-order valence-corrected chi connectivity index (χ2v) is 14.1. The van der Waals surface area contributed by atoms with Gasteiger partial charge in [-0.3, -0.25) is 14.4 Å². The van der Waals surface area contributed by atoms with E-state index >= 15 is 4.39 Å². The second kappa shape index (κ2) is 11.1. The van der Waals surface area contributed by atoms with Crippen LogP contribution in [0.15, 0.2) is 36.4 Å². The van der Waals surface area contributed by atoms with Crippen LogP contribution in [0.5, 0.6) is 0 Å². The molecule has 42 heavy (non-hydrogen) atoms. The minimum atomic E-state index is -1.31. The molecule has 0 radical (unpaired) electrons. The van der Waals surface area contributed by atoms with Crippen LogP contribution in [0.25, 0.3) is 0 Å². The van der Waals surface area contributed by atoms with Crippen molar-refractivity contribution < 1.29 is 23.5 Å². The van der Waals surface area contributed by atoms with Gasteiger partial charge in [-0.1, -0.05) is 62.2 Å². The van der Waals surface area contributed by atoms with Gasteiger partial charge in [-0.15, -0.1) is 0 Å². The molecule has 0 bridgehead atoms. The van der Waals surface area contributed by atoms with E-state index in [9.17, 15) is 14.4 Å². The fourth-order valence-electron chi connectivity index (χ4n) is 7.21. The first kappa shape index (κ1) is 30.7. The first-order valence-corrected chi connectivity index (χ1v) is 14.9. The number of fused-ring (bicyclic) bond motifs is 2. The van der Waals surface area contributed by atoms with Gasteiger partial charge in [0.25, 0.3) is 0 Å². The Morgan fingerprint density at radius 1 is 1.19 bits per heavy atom. The maximum absolute atomic E-state index is 15.9. The third-order valence-corrected chi connectivity index (χ3v) is 9.28. The van der Waals surface area contributed by atoms with Crippen molar-refractivity contribution in [1.82, 2.24) is 10.6 Å². The van der Waals surface area contributed by atoms with Crippen molar-refractivity contribution in [3.05, 3.63) is 63.4 Å². The molecule has 226 valence electrons. The Morgan fingerprint density at radius 3 is 2.57 bits per heavy atom. The Labute approximate surface area is 255 Å². The van der Waals surface area contributed by atoms with Gasteiger partial charge in [-0.05, 0) is 66.8 Å². The van der Waals surface area contributed by atoms with Crippen molar-refractivity contribution in [3.63, 3.8) is 0 Å². The average Bonchev–Trinajstić information content (AvgIpc) is 3.36. The second-order valence-electron chi connectivity index (χ2n) is 13.2. The highest BCUT2D eigenvalue weighted by atomic mass is 35.5. The number of hydrogen-bond donors (Lipinski definition) is 4. The third-order valence-electron chi connectivity index (χ3n) is 8.75. The van der Waals surface area contributed by atoms with E-state index in [1.165, 1.54) is 6.07 Å². The van der Waals surface area contributed by atoms with Gasteiger partial charge < -0.3 is 26.4 Å². The zero-order valence-electron chi connectivity index (χ0n) is 24.2. The van der Waals surface area contributed by atoms with Gasteiger partial charge >= 0.3 is 5.97 Å². The fraction of sp³-hybridized carbons (Fsp3) is 0.516. The van der Waals surface area contributed by atoms with Crippen LogP contribution in [0, 0.1) is 17.2 Å². The summed E-state index contributed by atoms with van der Waals surface area (Å²) in [6.45, 7) is 8.18. The molecule has 1 aliphatic carbocycles. The summed E-state index contributed by atoms with van der Waals surface area (Å²) in [5, 5.41) is 9.84. The van der Waals surface area contributed by atoms with E-state index in [2.05, 4.69) is 36.7 Å².